The quantitative estimate of drug-likeness (QED) is 0.452. The van der Waals surface area contributed by atoms with Gasteiger partial charge in [-0.15, -0.1) is 0 Å². The maximum Gasteiger partial charge on any atom is 0.0978 e. The molecule has 2 aliphatic rings. The maximum atomic E-state index is 5.73. The highest BCUT2D eigenvalue weighted by molar-refractivity contribution is 5.18. The molecule has 0 N–H and O–H groups in total. The molecule has 0 bridgehead atoms. The molecule has 1 heterocycles. The summed E-state index contributed by atoms with van der Waals surface area (Å²) in [6, 6.07) is 0. The van der Waals surface area contributed by atoms with Crippen LogP contribution in [-0.2, 0) is 4.74 Å². The minimum absolute atomic E-state index is 0.421. The first kappa shape index (κ1) is 9.51. The molecule has 1 saturated carbocycles. The van der Waals surface area contributed by atoms with E-state index in [1.807, 2.05) is 0 Å². The summed E-state index contributed by atoms with van der Waals surface area (Å²) in [7, 11) is 0. The molecule has 0 radical (unpaired) electrons. The Morgan fingerprint density at radius 3 is 2.46 bits per heavy atom. The van der Waals surface area contributed by atoms with Gasteiger partial charge in [0.1, 0.15) is 0 Å². The van der Waals surface area contributed by atoms with Crippen molar-refractivity contribution in [3.8, 4) is 0 Å². The molecule has 1 aliphatic heterocycles. The van der Waals surface area contributed by atoms with Gasteiger partial charge in [-0.3, -0.25) is 0 Å². The van der Waals surface area contributed by atoms with Crippen LogP contribution < -0.4 is 0 Å². The summed E-state index contributed by atoms with van der Waals surface area (Å²) in [5.41, 5.74) is 0.421. The molecule has 0 aromatic heterocycles. The lowest BCUT2D eigenvalue weighted by Gasteiger charge is -1.96. The van der Waals surface area contributed by atoms with Crippen LogP contribution >= 0.6 is 0 Å². The van der Waals surface area contributed by atoms with Gasteiger partial charge in [0.2, 0.25) is 0 Å². The summed E-state index contributed by atoms with van der Waals surface area (Å²) in [6.07, 6.45) is 10.3. The average molecular weight is 182 g/mol. The first-order chi connectivity index (χ1) is 6.29. The Hall–Kier alpha value is -0.0400. The maximum absolute atomic E-state index is 5.73. The predicted octanol–water partition coefficient (Wildman–Crippen LogP) is 3.52. The zero-order chi connectivity index (χ0) is 9.31. The minimum atomic E-state index is 0.421. The van der Waals surface area contributed by atoms with Gasteiger partial charge in [-0.05, 0) is 18.8 Å². The second kappa shape index (κ2) is 3.61. The largest absolute Gasteiger partial charge is 0.366 e. The molecular formula is C12H22O. The van der Waals surface area contributed by atoms with E-state index in [9.17, 15) is 0 Å². The Morgan fingerprint density at radius 1 is 1.23 bits per heavy atom. The van der Waals surface area contributed by atoms with Crippen LogP contribution in [-0.4, -0.2) is 11.7 Å². The van der Waals surface area contributed by atoms with Gasteiger partial charge >= 0.3 is 0 Å². The summed E-state index contributed by atoms with van der Waals surface area (Å²) < 4.78 is 5.73. The third-order valence-electron chi connectivity index (χ3n) is 3.72. The number of unbranched alkanes of at least 4 members (excludes halogenated alkanes) is 4. The molecule has 3 unspecified atom stereocenters. The lowest BCUT2D eigenvalue weighted by Crippen LogP contribution is -1.95. The van der Waals surface area contributed by atoms with E-state index in [2.05, 4.69) is 13.8 Å². The fraction of sp³-hybridized carbons (Fsp3) is 1.00. The summed E-state index contributed by atoms with van der Waals surface area (Å²) in [6.45, 7) is 4.59. The van der Waals surface area contributed by atoms with Crippen molar-refractivity contribution >= 4 is 0 Å². The van der Waals surface area contributed by atoms with E-state index in [0.29, 0.717) is 11.7 Å². The van der Waals surface area contributed by atoms with Gasteiger partial charge in [-0.1, -0.05) is 46.0 Å². The second-order valence-corrected chi connectivity index (χ2v) is 4.87. The highest BCUT2D eigenvalue weighted by atomic mass is 16.6. The van der Waals surface area contributed by atoms with E-state index in [-0.39, 0.29) is 0 Å². The van der Waals surface area contributed by atoms with E-state index in [0.717, 1.165) is 5.92 Å². The molecule has 1 nitrogen and oxygen atoms in total. The number of hydrogen-bond acceptors (Lipinski definition) is 1. The summed E-state index contributed by atoms with van der Waals surface area (Å²) in [5.74, 6) is 0.869. The third kappa shape index (κ3) is 1.90. The SMILES string of the molecule is CCCCCCCC1OC12CC2C. The van der Waals surface area contributed by atoms with E-state index in [4.69, 9.17) is 4.74 Å². The molecule has 3 atom stereocenters. The Kier molecular flexibility index (Phi) is 2.64. The molecular weight excluding hydrogens is 160 g/mol. The normalized spacial score (nSPS) is 41.1. The molecule has 0 aromatic carbocycles. The first-order valence-corrected chi connectivity index (χ1v) is 5.97. The van der Waals surface area contributed by atoms with Crippen molar-refractivity contribution in [2.45, 2.75) is 70.5 Å². The van der Waals surface area contributed by atoms with Crippen molar-refractivity contribution in [3.05, 3.63) is 0 Å². The Bertz CT molecular complexity index is 178. The van der Waals surface area contributed by atoms with Gasteiger partial charge in [0, 0.05) is 0 Å². The molecule has 1 heteroatoms. The Labute approximate surface area is 81.9 Å². The zero-order valence-corrected chi connectivity index (χ0v) is 9.01. The van der Waals surface area contributed by atoms with Gasteiger partial charge < -0.3 is 4.74 Å². The highest BCUT2D eigenvalue weighted by Crippen LogP contribution is 2.63. The van der Waals surface area contributed by atoms with E-state index < -0.39 is 0 Å². The lowest BCUT2D eigenvalue weighted by atomic mass is 10.1. The molecule has 2 fully saturated rings. The van der Waals surface area contributed by atoms with Crippen LogP contribution in [0.1, 0.15) is 58.8 Å². The van der Waals surface area contributed by atoms with Gasteiger partial charge in [-0.2, -0.15) is 0 Å². The minimum Gasteiger partial charge on any atom is -0.366 e. The van der Waals surface area contributed by atoms with Crippen LogP contribution in [0.3, 0.4) is 0 Å². The molecule has 1 saturated heterocycles. The van der Waals surface area contributed by atoms with Crippen molar-refractivity contribution < 1.29 is 4.74 Å². The molecule has 1 spiro atoms. The average Bonchev–Trinajstić information content (AvgIpc) is 2.95. The number of rotatable bonds is 6. The van der Waals surface area contributed by atoms with Gasteiger partial charge in [-0.25, -0.2) is 0 Å². The van der Waals surface area contributed by atoms with Crippen molar-refractivity contribution in [2.24, 2.45) is 5.92 Å². The van der Waals surface area contributed by atoms with Crippen LogP contribution in [0.25, 0.3) is 0 Å². The molecule has 0 amide bonds. The van der Waals surface area contributed by atoms with Crippen molar-refractivity contribution in [3.63, 3.8) is 0 Å². The molecule has 13 heavy (non-hydrogen) atoms. The number of epoxide rings is 1. The Morgan fingerprint density at radius 2 is 1.92 bits per heavy atom. The van der Waals surface area contributed by atoms with E-state index in [1.54, 1.807) is 0 Å². The zero-order valence-electron chi connectivity index (χ0n) is 9.01. The molecule has 0 aromatic rings. The Balaban J connectivity index is 1.47. The van der Waals surface area contributed by atoms with E-state index >= 15 is 0 Å². The summed E-state index contributed by atoms with van der Waals surface area (Å²) in [5, 5.41) is 0. The van der Waals surface area contributed by atoms with Crippen LogP contribution in [0.4, 0.5) is 0 Å². The van der Waals surface area contributed by atoms with Crippen molar-refractivity contribution in [1.82, 2.24) is 0 Å². The van der Waals surface area contributed by atoms with Crippen LogP contribution in [0, 0.1) is 5.92 Å². The van der Waals surface area contributed by atoms with Crippen molar-refractivity contribution in [1.29, 1.82) is 0 Å². The van der Waals surface area contributed by atoms with Crippen LogP contribution in [0.5, 0.6) is 0 Å². The molecule has 76 valence electrons. The van der Waals surface area contributed by atoms with Gasteiger partial charge in [0.25, 0.3) is 0 Å². The fourth-order valence-electron chi connectivity index (χ4n) is 2.50. The van der Waals surface area contributed by atoms with E-state index in [1.165, 1.54) is 44.9 Å². The standard InChI is InChI=1S/C12H22O/c1-3-4-5-6-7-8-11-12(13-11)9-10(12)2/h10-11H,3-9H2,1-2H3. The monoisotopic (exact) mass is 182 g/mol. The molecule has 1 aliphatic carbocycles. The summed E-state index contributed by atoms with van der Waals surface area (Å²) >= 11 is 0. The number of ether oxygens (including phenoxy) is 1. The first-order valence-electron chi connectivity index (χ1n) is 5.97. The predicted molar refractivity (Wildman–Crippen MR) is 54.8 cm³/mol. The van der Waals surface area contributed by atoms with Crippen molar-refractivity contribution in [2.75, 3.05) is 0 Å². The lowest BCUT2D eigenvalue weighted by molar-refractivity contribution is 0.344. The van der Waals surface area contributed by atoms with Gasteiger partial charge in [0.15, 0.2) is 0 Å². The molecule has 2 rings (SSSR count). The topological polar surface area (TPSA) is 12.5 Å². The van der Waals surface area contributed by atoms with Crippen LogP contribution in [0.15, 0.2) is 0 Å². The van der Waals surface area contributed by atoms with Crippen LogP contribution in [0.2, 0.25) is 0 Å². The fourth-order valence-corrected chi connectivity index (χ4v) is 2.50. The third-order valence-corrected chi connectivity index (χ3v) is 3.72. The smallest absolute Gasteiger partial charge is 0.0978 e. The second-order valence-electron chi connectivity index (χ2n) is 4.87. The van der Waals surface area contributed by atoms with Gasteiger partial charge in [0.05, 0.1) is 11.7 Å². The highest BCUT2D eigenvalue weighted by Gasteiger charge is 2.70. The summed E-state index contributed by atoms with van der Waals surface area (Å²) in [4.78, 5) is 0. The number of hydrogen-bond donors (Lipinski definition) is 0.